The van der Waals surface area contributed by atoms with E-state index < -0.39 is 6.03 Å². The quantitative estimate of drug-likeness (QED) is 0.348. The number of hydrogen-bond acceptors (Lipinski definition) is 3. The average Bonchev–Trinajstić information content (AvgIpc) is 2.15. The summed E-state index contributed by atoms with van der Waals surface area (Å²) in [6, 6.07) is -0.490. The Kier molecular flexibility index (Phi) is 1.86. The Balaban J connectivity index is 2.19. The lowest BCUT2D eigenvalue weighted by atomic mass is 10.4. The molecule has 0 aromatic heterocycles. The van der Waals surface area contributed by atoms with Crippen LogP contribution in [0.3, 0.4) is 0 Å². The van der Waals surface area contributed by atoms with Gasteiger partial charge in [-0.15, -0.1) is 0 Å². The summed E-state index contributed by atoms with van der Waals surface area (Å²) >= 11 is 0. The molecule has 1 fully saturated rings. The minimum atomic E-state index is -0.490. The highest BCUT2D eigenvalue weighted by Crippen LogP contribution is 1.89. The molecule has 5 nitrogen and oxygen atoms in total. The number of carbonyl (C=O) groups excluding carboxylic acids is 1. The van der Waals surface area contributed by atoms with Crippen molar-refractivity contribution < 1.29 is 4.79 Å². The SMILES string of the molecule is NC(=O)NC1CCNN1. The lowest BCUT2D eigenvalue weighted by molar-refractivity contribution is 0.243. The zero-order valence-electron chi connectivity index (χ0n) is 4.98. The molecular weight excluding hydrogens is 120 g/mol. The van der Waals surface area contributed by atoms with Crippen LogP contribution >= 0.6 is 0 Å². The summed E-state index contributed by atoms with van der Waals surface area (Å²) in [5.41, 5.74) is 10.5. The first kappa shape index (κ1) is 6.31. The van der Waals surface area contributed by atoms with E-state index >= 15 is 0 Å². The van der Waals surface area contributed by atoms with Crippen molar-refractivity contribution in [3.05, 3.63) is 0 Å². The van der Waals surface area contributed by atoms with Gasteiger partial charge in [-0.25, -0.2) is 10.2 Å². The molecule has 52 valence electrons. The van der Waals surface area contributed by atoms with E-state index in [1.807, 2.05) is 0 Å². The molecular formula is C4H10N4O. The third kappa shape index (κ3) is 1.87. The second-order valence-electron chi connectivity index (χ2n) is 1.92. The van der Waals surface area contributed by atoms with Crippen molar-refractivity contribution in [2.75, 3.05) is 6.54 Å². The number of nitrogens with one attached hydrogen (secondary N) is 3. The van der Waals surface area contributed by atoms with Gasteiger partial charge in [-0.2, -0.15) is 0 Å². The molecule has 0 radical (unpaired) electrons. The molecule has 1 atom stereocenters. The molecule has 1 saturated heterocycles. The molecule has 0 aromatic rings. The van der Waals surface area contributed by atoms with E-state index in [1.54, 1.807) is 0 Å². The van der Waals surface area contributed by atoms with Gasteiger partial charge in [0.2, 0.25) is 0 Å². The van der Waals surface area contributed by atoms with Crippen LogP contribution in [0.15, 0.2) is 0 Å². The van der Waals surface area contributed by atoms with E-state index in [0.29, 0.717) is 0 Å². The van der Waals surface area contributed by atoms with Gasteiger partial charge in [0.25, 0.3) is 0 Å². The van der Waals surface area contributed by atoms with Crippen LogP contribution in [0.2, 0.25) is 0 Å². The Bertz CT molecular complexity index is 109. The van der Waals surface area contributed by atoms with Crippen molar-refractivity contribution in [1.29, 1.82) is 0 Å². The van der Waals surface area contributed by atoms with Gasteiger partial charge in [-0.3, -0.25) is 5.43 Å². The molecule has 0 spiro atoms. The number of primary amides is 1. The topological polar surface area (TPSA) is 79.2 Å². The number of rotatable bonds is 1. The number of urea groups is 1. The third-order valence-corrected chi connectivity index (χ3v) is 1.15. The molecule has 1 heterocycles. The fourth-order valence-electron chi connectivity index (χ4n) is 0.764. The van der Waals surface area contributed by atoms with Crippen LogP contribution in [-0.4, -0.2) is 18.7 Å². The largest absolute Gasteiger partial charge is 0.352 e. The predicted octanol–water partition coefficient (Wildman–Crippen LogP) is -1.52. The molecule has 5 heteroatoms. The molecule has 0 saturated carbocycles. The normalized spacial score (nSPS) is 26.0. The minimum Gasteiger partial charge on any atom is -0.352 e. The Morgan fingerprint density at radius 3 is 3.00 bits per heavy atom. The van der Waals surface area contributed by atoms with Gasteiger partial charge in [0, 0.05) is 6.54 Å². The Morgan fingerprint density at radius 2 is 2.56 bits per heavy atom. The Labute approximate surface area is 52.9 Å². The average molecular weight is 130 g/mol. The lowest BCUT2D eigenvalue weighted by Crippen LogP contribution is -2.46. The Morgan fingerprint density at radius 1 is 1.78 bits per heavy atom. The Hall–Kier alpha value is -0.810. The van der Waals surface area contributed by atoms with E-state index in [4.69, 9.17) is 5.73 Å². The van der Waals surface area contributed by atoms with Gasteiger partial charge in [0.1, 0.15) is 0 Å². The van der Waals surface area contributed by atoms with E-state index in [0.717, 1.165) is 13.0 Å². The molecule has 1 unspecified atom stereocenters. The molecule has 0 aliphatic carbocycles. The number of amides is 2. The van der Waals surface area contributed by atoms with Crippen molar-refractivity contribution in [2.45, 2.75) is 12.6 Å². The van der Waals surface area contributed by atoms with Crippen molar-refractivity contribution in [2.24, 2.45) is 5.73 Å². The van der Waals surface area contributed by atoms with Crippen LogP contribution in [0.1, 0.15) is 6.42 Å². The first-order valence-electron chi connectivity index (χ1n) is 2.83. The highest BCUT2D eigenvalue weighted by Gasteiger charge is 2.13. The van der Waals surface area contributed by atoms with E-state index in [-0.39, 0.29) is 6.17 Å². The van der Waals surface area contributed by atoms with Gasteiger partial charge >= 0.3 is 6.03 Å². The summed E-state index contributed by atoms with van der Waals surface area (Å²) in [6.45, 7) is 0.866. The molecule has 1 aliphatic heterocycles. The minimum absolute atomic E-state index is 0.00231. The number of hydrazine groups is 1. The van der Waals surface area contributed by atoms with Gasteiger partial charge in [0.15, 0.2) is 0 Å². The number of nitrogens with two attached hydrogens (primary N) is 1. The van der Waals surface area contributed by atoms with Crippen molar-refractivity contribution in [3.63, 3.8) is 0 Å². The van der Waals surface area contributed by atoms with Gasteiger partial charge in [0.05, 0.1) is 6.17 Å². The van der Waals surface area contributed by atoms with E-state index in [2.05, 4.69) is 16.2 Å². The third-order valence-electron chi connectivity index (χ3n) is 1.15. The predicted molar refractivity (Wildman–Crippen MR) is 32.3 cm³/mol. The summed E-state index contributed by atoms with van der Waals surface area (Å²) in [6.07, 6.45) is 0.880. The zero-order valence-corrected chi connectivity index (χ0v) is 4.98. The summed E-state index contributed by atoms with van der Waals surface area (Å²) in [5, 5.41) is 2.51. The summed E-state index contributed by atoms with van der Waals surface area (Å²) < 4.78 is 0. The second kappa shape index (κ2) is 2.65. The van der Waals surface area contributed by atoms with Crippen LogP contribution in [0.4, 0.5) is 4.79 Å². The van der Waals surface area contributed by atoms with Crippen LogP contribution in [0.5, 0.6) is 0 Å². The maximum Gasteiger partial charge on any atom is 0.313 e. The highest BCUT2D eigenvalue weighted by molar-refractivity contribution is 5.71. The molecule has 0 bridgehead atoms. The fraction of sp³-hybridized carbons (Fsp3) is 0.750. The smallest absolute Gasteiger partial charge is 0.313 e. The first-order chi connectivity index (χ1) is 4.29. The van der Waals surface area contributed by atoms with Gasteiger partial charge in [-0.05, 0) is 6.42 Å². The second-order valence-corrected chi connectivity index (χ2v) is 1.92. The van der Waals surface area contributed by atoms with Gasteiger partial charge < -0.3 is 11.1 Å². The van der Waals surface area contributed by atoms with Crippen LogP contribution in [0, 0.1) is 0 Å². The number of hydrogen-bond donors (Lipinski definition) is 4. The maximum absolute atomic E-state index is 10.2. The summed E-state index contributed by atoms with van der Waals surface area (Å²) in [5.74, 6) is 0. The van der Waals surface area contributed by atoms with Crippen LogP contribution in [0.25, 0.3) is 0 Å². The van der Waals surface area contributed by atoms with Gasteiger partial charge in [-0.1, -0.05) is 0 Å². The molecule has 0 aromatic carbocycles. The molecule has 5 N–H and O–H groups in total. The monoisotopic (exact) mass is 130 g/mol. The van der Waals surface area contributed by atoms with Crippen molar-refractivity contribution in [1.82, 2.24) is 16.2 Å². The fourth-order valence-corrected chi connectivity index (χ4v) is 0.764. The highest BCUT2D eigenvalue weighted by atomic mass is 16.2. The molecule has 1 aliphatic rings. The summed E-state index contributed by atoms with van der Waals surface area (Å²) in [4.78, 5) is 10.2. The first-order valence-corrected chi connectivity index (χ1v) is 2.83. The molecule has 9 heavy (non-hydrogen) atoms. The van der Waals surface area contributed by atoms with Crippen molar-refractivity contribution in [3.8, 4) is 0 Å². The number of carbonyl (C=O) groups is 1. The molecule has 1 rings (SSSR count). The standard InChI is InChI=1S/C4H10N4O/c5-4(9)7-3-1-2-6-8-3/h3,6,8H,1-2H2,(H3,5,7,9). The lowest BCUT2D eigenvalue weighted by Gasteiger charge is -2.07. The van der Waals surface area contributed by atoms with Crippen LogP contribution in [-0.2, 0) is 0 Å². The maximum atomic E-state index is 10.2. The molecule has 2 amide bonds. The van der Waals surface area contributed by atoms with Crippen molar-refractivity contribution >= 4 is 6.03 Å². The van der Waals surface area contributed by atoms with E-state index in [1.165, 1.54) is 0 Å². The zero-order chi connectivity index (χ0) is 6.69. The van der Waals surface area contributed by atoms with Crippen LogP contribution < -0.4 is 21.9 Å². The van der Waals surface area contributed by atoms with E-state index in [9.17, 15) is 4.79 Å². The summed E-state index contributed by atoms with van der Waals surface area (Å²) in [7, 11) is 0.